The molecule has 1 heterocycles. The Balaban J connectivity index is 1.41. The molecule has 0 spiro atoms. The van der Waals surface area contributed by atoms with Crippen molar-refractivity contribution in [2.24, 2.45) is 5.92 Å². The van der Waals surface area contributed by atoms with Crippen LogP contribution in [0.25, 0.3) is 0 Å². The number of hydrogen-bond donors (Lipinski definition) is 1. The van der Waals surface area contributed by atoms with Crippen LogP contribution in [0, 0.1) is 11.7 Å². The fourth-order valence-electron chi connectivity index (χ4n) is 3.12. The van der Waals surface area contributed by atoms with E-state index in [4.69, 9.17) is 4.74 Å². The van der Waals surface area contributed by atoms with E-state index in [9.17, 15) is 14.0 Å². The third-order valence-electron chi connectivity index (χ3n) is 4.68. The molecule has 6 heteroatoms. The van der Waals surface area contributed by atoms with E-state index in [-0.39, 0.29) is 23.4 Å². The van der Waals surface area contributed by atoms with Crippen LogP contribution in [-0.4, -0.2) is 36.4 Å². The maximum absolute atomic E-state index is 13.6. The van der Waals surface area contributed by atoms with Crippen molar-refractivity contribution in [2.75, 3.05) is 25.0 Å². The van der Waals surface area contributed by atoms with Gasteiger partial charge in [-0.3, -0.25) is 9.59 Å². The van der Waals surface area contributed by atoms with Crippen LogP contribution < -0.4 is 10.1 Å². The molecule has 1 N–H and O–H groups in total. The quantitative estimate of drug-likeness (QED) is 0.847. The van der Waals surface area contributed by atoms with Crippen LogP contribution >= 0.6 is 0 Å². The Hall–Kier alpha value is -2.89. The molecule has 5 nitrogen and oxygen atoms in total. The molecule has 0 saturated carbocycles. The minimum Gasteiger partial charge on any atom is -0.493 e. The minimum atomic E-state index is -0.447. The van der Waals surface area contributed by atoms with Gasteiger partial charge < -0.3 is 15.0 Å². The van der Waals surface area contributed by atoms with Crippen molar-refractivity contribution in [3.05, 3.63) is 60.4 Å². The zero-order chi connectivity index (χ0) is 19.1. The average molecular weight is 370 g/mol. The third kappa shape index (κ3) is 5.29. The highest BCUT2D eigenvalue weighted by Crippen LogP contribution is 2.21. The number of amides is 2. The zero-order valence-corrected chi connectivity index (χ0v) is 15.1. The summed E-state index contributed by atoms with van der Waals surface area (Å²) in [4.78, 5) is 26.4. The van der Waals surface area contributed by atoms with E-state index >= 15 is 0 Å². The lowest BCUT2D eigenvalue weighted by atomic mass is 9.95. The molecular formula is C21H23FN2O3. The fraction of sp³-hybridized carbons (Fsp3) is 0.333. The molecule has 142 valence electrons. The number of benzene rings is 2. The lowest BCUT2D eigenvalue weighted by Crippen LogP contribution is -2.41. The summed E-state index contributed by atoms with van der Waals surface area (Å²) in [7, 11) is 0. The summed E-state index contributed by atoms with van der Waals surface area (Å²) in [6, 6.07) is 15.5. The van der Waals surface area contributed by atoms with Crippen molar-refractivity contribution in [3.63, 3.8) is 0 Å². The molecule has 3 rings (SSSR count). The van der Waals surface area contributed by atoms with Gasteiger partial charge in [-0.05, 0) is 37.1 Å². The number of nitrogens with zero attached hydrogens (tertiary/aromatic N) is 1. The van der Waals surface area contributed by atoms with E-state index in [2.05, 4.69) is 5.32 Å². The van der Waals surface area contributed by atoms with Gasteiger partial charge in [0.25, 0.3) is 0 Å². The normalized spacial score (nSPS) is 14.6. The molecule has 0 unspecified atom stereocenters. The number of likely N-dealkylation sites (tertiary alicyclic amines) is 1. The summed E-state index contributed by atoms with van der Waals surface area (Å²) in [5.74, 6) is -0.0848. The molecule has 0 atom stereocenters. The van der Waals surface area contributed by atoms with Gasteiger partial charge in [0.1, 0.15) is 11.6 Å². The number of ether oxygens (including phenoxy) is 1. The number of hydrogen-bond acceptors (Lipinski definition) is 3. The third-order valence-corrected chi connectivity index (χ3v) is 4.68. The highest BCUT2D eigenvalue weighted by molar-refractivity contribution is 5.92. The van der Waals surface area contributed by atoms with Crippen molar-refractivity contribution in [2.45, 2.75) is 19.3 Å². The summed E-state index contributed by atoms with van der Waals surface area (Å²) in [5, 5.41) is 2.64. The van der Waals surface area contributed by atoms with E-state index in [0.29, 0.717) is 39.0 Å². The molecular weight excluding hydrogens is 347 g/mol. The maximum atomic E-state index is 13.6. The zero-order valence-electron chi connectivity index (χ0n) is 15.1. The molecule has 27 heavy (non-hydrogen) atoms. The van der Waals surface area contributed by atoms with Crippen molar-refractivity contribution < 1.29 is 18.7 Å². The Morgan fingerprint density at radius 1 is 1.04 bits per heavy atom. The Bertz CT molecular complexity index is 774. The first kappa shape index (κ1) is 18.9. The molecule has 2 aromatic carbocycles. The summed E-state index contributed by atoms with van der Waals surface area (Å²) < 4.78 is 19.2. The number of rotatable bonds is 6. The van der Waals surface area contributed by atoms with Gasteiger partial charge in [0.2, 0.25) is 11.8 Å². The molecule has 1 aliphatic heterocycles. The van der Waals surface area contributed by atoms with Gasteiger partial charge in [0.05, 0.1) is 18.7 Å². The smallest absolute Gasteiger partial charge is 0.227 e. The number of para-hydroxylation sites is 2. The predicted molar refractivity (Wildman–Crippen MR) is 101 cm³/mol. The Kier molecular flexibility index (Phi) is 6.41. The van der Waals surface area contributed by atoms with E-state index < -0.39 is 5.82 Å². The number of carbonyl (C=O) groups excluding carboxylic acids is 2. The first-order chi connectivity index (χ1) is 13.1. The molecule has 1 fully saturated rings. The first-order valence-electron chi connectivity index (χ1n) is 9.14. The number of anilines is 1. The van der Waals surface area contributed by atoms with E-state index in [1.807, 2.05) is 30.3 Å². The SMILES string of the molecule is O=C(Nc1ccccc1F)C1CCN(C(=O)CCOc2ccccc2)CC1. The first-order valence-corrected chi connectivity index (χ1v) is 9.14. The lowest BCUT2D eigenvalue weighted by molar-refractivity contribution is -0.135. The second-order valence-electron chi connectivity index (χ2n) is 6.54. The van der Waals surface area contributed by atoms with Gasteiger partial charge in [0.15, 0.2) is 0 Å². The highest BCUT2D eigenvalue weighted by Gasteiger charge is 2.27. The van der Waals surface area contributed by atoms with Gasteiger partial charge in [-0.1, -0.05) is 30.3 Å². The number of carbonyl (C=O) groups is 2. The van der Waals surface area contributed by atoms with Crippen molar-refractivity contribution in [3.8, 4) is 5.75 Å². The second kappa shape index (κ2) is 9.16. The number of piperidine rings is 1. The Morgan fingerprint density at radius 3 is 2.41 bits per heavy atom. The largest absolute Gasteiger partial charge is 0.493 e. The molecule has 0 radical (unpaired) electrons. The Labute approximate surface area is 158 Å². The summed E-state index contributed by atoms with van der Waals surface area (Å²) in [6.07, 6.45) is 1.46. The van der Waals surface area contributed by atoms with Crippen LogP contribution in [0.15, 0.2) is 54.6 Å². The lowest BCUT2D eigenvalue weighted by Gasteiger charge is -2.31. The number of nitrogens with one attached hydrogen (secondary N) is 1. The van der Waals surface area contributed by atoms with Crippen LogP contribution in [-0.2, 0) is 9.59 Å². The van der Waals surface area contributed by atoms with Gasteiger partial charge in [-0.2, -0.15) is 0 Å². The summed E-state index contributed by atoms with van der Waals surface area (Å²) >= 11 is 0. The van der Waals surface area contributed by atoms with Crippen LogP contribution in [0.2, 0.25) is 0 Å². The van der Waals surface area contributed by atoms with Gasteiger partial charge in [-0.25, -0.2) is 4.39 Å². The van der Waals surface area contributed by atoms with Crippen molar-refractivity contribution in [1.82, 2.24) is 4.90 Å². The summed E-state index contributed by atoms with van der Waals surface area (Å²) in [5.41, 5.74) is 0.194. The topological polar surface area (TPSA) is 58.6 Å². The Morgan fingerprint density at radius 2 is 1.70 bits per heavy atom. The fourth-order valence-corrected chi connectivity index (χ4v) is 3.12. The second-order valence-corrected chi connectivity index (χ2v) is 6.54. The predicted octanol–water partition coefficient (Wildman–Crippen LogP) is 3.47. The van der Waals surface area contributed by atoms with Crippen LogP contribution in [0.3, 0.4) is 0 Å². The van der Waals surface area contributed by atoms with Gasteiger partial charge in [0, 0.05) is 19.0 Å². The highest BCUT2D eigenvalue weighted by atomic mass is 19.1. The number of halogens is 1. The maximum Gasteiger partial charge on any atom is 0.227 e. The van der Waals surface area contributed by atoms with Gasteiger partial charge in [-0.15, -0.1) is 0 Å². The standard InChI is InChI=1S/C21H23FN2O3/c22-18-8-4-5-9-19(18)23-21(26)16-10-13-24(14-11-16)20(25)12-15-27-17-6-2-1-3-7-17/h1-9,16H,10-15H2,(H,23,26). The minimum absolute atomic E-state index is 0.0268. The molecule has 2 aromatic rings. The summed E-state index contributed by atoms with van der Waals surface area (Å²) in [6.45, 7) is 1.38. The van der Waals surface area contributed by atoms with E-state index in [1.54, 1.807) is 23.1 Å². The molecule has 0 bridgehead atoms. The van der Waals surface area contributed by atoms with E-state index in [1.165, 1.54) is 6.07 Å². The monoisotopic (exact) mass is 370 g/mol. The van der Waals surface area contributed by atoms with Crippen LogP contribution in [0.4, 0.5) is 10.1 Å². The average Bonchev–Trinajstić information content (AvgIpc) is 2.70. The van der Waals surface area contributed by atoms with Crippen LogP contribution in [0.1, 0.15) is 19.3 Å². The molecule has 2 amide bonds. The molecule has 1 saturated heterocycles. The molecule has 0 aliphatic carbocycles. The molecule has 1 aliphatic rings. The van der Waals surface area contributed by atoms with Crippen molar-refractivity contribution in [1.29, 1.82) is 0 Å². The van der Waals surface area contributed by atoms with E-state index in [0.717, 1.165) is 5.75 Å². The van der Waals surface area contributed by atoms with Gasteiger partial charge >= 0.3 is 0 Å². The van der Waals surface area contributed by atoms with Crippen LogP contribution in [0.5, 0.6) is 5.75 Å². The van der Waals surface area contributed by atoms with Crippen molar-refractivity contribution >= 4 is 17.5 Å². The molecule has 0 aromatic heterocycles.